The van der Waals surface area contributed by atoms with Gasteiger partial charge < -0.3 is 5.32 Å². The van der Waals surface area contributed by atoms with Gasteiger partial charge in [0.15, 0.2) is 0 Å². The van der Waals surface area contributed by atoms with Gasteiger partial charge in [0, 0.05) is 6.54 Å². The lowest BCUT2D eigenvalue weighted by Gasteiger charge is -2.03. The van der Waals surface area contributed by atoms with Crippen molar-refractivity contribution in [2.75, 3.05) is 5.32 Å². The van der Waals surface area contributed by atoms with Crippen molar-refractivity contribution in [1.29, 1.82) is 0 Å². The van der Waals surface area contributed by atoms with Gasteiger partial charge in [-0.15, -0.1) is 0 Å². The lowest BCUT2D eigenvalue weighted by Crippen LogP contribution is -2.07. The lowest BCUT2D eigenvalue weighted by molar-refractivity contribution is 0.457. The van der Waals surface area contributed by atoms with Gasteiger partial charge in [-0.3, -0.25) is 0 Å². The molecule has 0 unspecified atom stereocenters. The summed E-state index contributed by atoms with van der Waals surface area (Å²) in [6, 6.07) is 9.37. The van der Waals surface area contributed by atoms with Crippen LogP contribution in [0.15, 0.2) is 30.3 Å². The van der Waals surface area contributed by atoms with E-state index in [1.165, 1.54) is 0 Å². The molecule has 1 heterocycles. The van der Waals surface area contributed by atoms with Crippen molar-refractivity contribution < 1.29 is 8.78 Å². The predicted molar refractivity (Wildman–Crippen MR) is 53.5 cm³/mol. The van der Waals surface area contributed by atoms with E-state index in [2.05, 4.69) is 20.3 Å². The number of nitrogens with one attached hydrogen (secondary N) is 1. The van der Waals surface area contributed by atoms with Crippen LogP contribution < -0.4 is 5.32 Å². The molecule has 0 amide bonds. The maximum atomic E-state index is 12.6. The Bertz CT molecular complexity index is 455. The van der Waals surface area contributed by atoms with Gasteiger partial charge in [-0.2, -0.15) is 23.7 Å². The van der Waals surface area contributed by atoms with Gasteiger partial charge in [0.1, 0.15) is 0 Å². The summed E-state index contributed by atoms with van der Waals surface area (Å²) in [5, 5.41) is 2.70. The summed E-state index contributed by atoms with van der Waals surface area (Å²) in [6.45, 7) is 0.393. The highest BCUT2D eigenvalue weighted by Gasteiger charge is 2.04. The molecule has 0 saturated carbocycles. The van der Waals surface area contributed by atoms with Gasteiger partial charge in [0.25, 0.3) is 0 Å². The van der Waals surface area contributed by atoms with Crippen LogP contribution in [0, 0.1) is 12.2 Å². The molecule has 4 nitrogen and oxygen atoms in total. The van der Waals surface area contributed by atoms with Crippen LogP contribution in [0.5, 0.6) is 0 Å². The zero-order valence-corrected chi connectivity index (χ0v) is 8.19. The van der Waals surface area contributed by atoms with Crippen LogP contribution in [0.3, 0.4) is 0 Å². The molecule has 0 bridgehead atoms. The van der Waals surface area contributed by atoms with Crippen LogP contribution in [0.2, 0.25) is 0 Å². The second kappa shape index (κ2) is 4.61. The third kappa shape index (κ3) is 2.69. The number of anilines is 1. The van der Waals surface area contributed by atoms with Crippen molar-refractivity contribution >= 4 is 5.95 Å². The Morgan fingerprint density at radius 1 is 0.938 bits per heavy atom. The molecule has 1 aromatic heterocycles. The van der Waals surface area contributed by atoms with E-state index in [1.54, 1.807) is 0 Å². The number of aromatic nitrogens is 3. The summed E-state index contributed by atoms with van der Waals surface area (Å²) >= 11 is 0. The molecule has 0 aliphatic heterocycles. The first-order valence-electron chi connectivity index (χ1n) is 4.59. The first-order chi connectivity index (χ1) is 7.74. The van der Waals surface area contributed by atoms with Crippen molar-refractivity contribution in [3.63, 3.8) is 0 Å². The Labute approximate surface area is 90.4 Å². The third-order valence-corrected chi connectivity index (χ3v) is 1.87. The van der Waals surface area contributed by atoms with E-state index < -0.39 is 12.2 Å². The molecular weight excluding hydrogens is 214 g/mol. The number of rotatable bonds is 3. The maximum Gasteiger partial charge on any atom is 0.315 e. The van der Waals surface area contributed by atoms with Crippen molar-refractivity contribution in [2.45, 2.75) is 6.54 Å². The fourth-order valence-corrected chi connectivity index (χ4v) is 1.18. The Kier molecular flexibility index (Phi) is 3.00. The summed E-state index contributed by atoms with van der Waals surface area (Å²) in [5.41, 5.74) is 0.962. The molecule has 0 fully saturated rings. The molecule has 0 radical (unpaired) electrons. The second-order valence-electron chi connectivity index (χ2n) is 3.04. The van der Waals surface area contributed by atoms with Crippen molar-refractivity contribution in [2.24, 2.45) is 0 Å². The third-order valence-electron chi connectivity index (χ3n) is 1.87. The van der Waals surface area contributed by atoms with Crippen LogP contribution >= 0.6 is 0 Å². The van der Waals surface area contributed by atoms with Gasteiger partial charge in [-0.25, -0.2) is 0 Å². The van der Waals surface area contributed by atoms with Crippen LogP contribution in [-0.2, 0) is 6.54 Å². The minimum absolute atomic E-state index is 0.117. The Morgan fingerprint density at radius 2 is 1.56 bits per heavy atom. The van der Waals surface area contributed by atoms with Gasteiger partial charge in [0.2, 0.25) is 5.95 Å². The molecule has 0 spiro atoms. The van der Waals surface area contributed by atoms with Crippen molar-refractivity contribution in [1.82, 2.24) is 15.0 Å². The highest BCUT2D eigenvalue weighted by Crippen LogP contribution is 2.03. The van der Waals surface area contributed by atoms with Gasteiger partial charge >= 0.3 is 12.2 Å². The van der Waals surface area contributed by atoms with E-state index >= 15 is 0 Å². The normalized spacial score (nSPS) is 10.1. The smallest absolute Gasteiger partial charge is 0.315 e. The zero-order valence-electron chi connectivity index (χ0n) is 8.19. The van der Waals surface area contributed by atoms with E-state index in [4.69, 9.17) is 0 Å². The molecule has 1 aromatic carbocycles. The Morgan fingerprint density at radius 3 is 2.19 bits per heavy atom. The Hall–Kier alpha value is -2.11. The average Bonchev–Trinajstić information content (AvgIpc) is 2.27. The maximum absolute atomic E-state index is 12.6. The number of benzene rings is 1. The molecule has 82 valence electrons. The minimum Gasteiger partial charge on any atom is -0.350 e. The topological polar surface area (TPSA) is 50.7 Å². The first kappa shape index (κ1) is 10.4. The Balaban J connectivity index is 2.05. The summed E-state index contributed by atoms with van der Waals surface area (Å²) < 4.78 is 25.2. The fourth-order valence-electron chi connectivity index (χ4n) is 1.18. The number of halogens is 2. The summed E-state index contributed by atoms with van der Waals surface area (Å²) in [5.74, 6) is -0.117. The number of nitrogens with zero attached hydrogens (tertiary/aromatic N) is 3. The van der Waals surface area contributed by atoms with Gasteiger partial charge in [-0.1, -0.05) is 30.3 Å². The lowest BCUT2D eigenvalue weighted by atomic mass is 10.2. The van der Waals surface area contributed by atoms with E-state index in [-0.39, 0.29) is 5.95 Å². The second-order valence-corrected chi connectivity index (χ2v) is 3.04. The summed E-state index contributed by atoms with van der Waals surface area (Å²) in [4.78, 5) is 9.41. The molecule has 0 aliphatic carbocycles. The first-order valence-corrected chi connectivity index (χ1v) is 4.59. The predicted octanol–water partition coefficient (Wildman–Crippen LogP) is 1.76. The molecule has 2 rings (SSSR count). The summed E-state index contributed by atoms with van der Waals surface area (Å²) in [6.07, 6.45) is -2.27. The van der Waals surface area contributed by atoms with Crippen LogP contribution in [-0.4, -0.2) is 15.0 Å². The van der Waals surface area contributed by atoms with Gasteiger partial charge in [-0.05, 0) is 5.56 Å². The number of hydrogen-bond donors (Lipinski definition) is 1. The highest BCUT2D eigenvalue weighted by molar-refractivity contribution is 5.25. The molecule has 1 N–H and O–H groups in total. The minimum atomic E-state index is -1.14. The van der Waals surface area contributed by atoms with Crippen LogP contribution in [0.4, 0.5) is 14.7 Å². The van der Waals surface area contributed by atoms with Gasteiger partial charge in [0.05, 0.1) is 0 Å². The molecule has 6 heteroatoms. The molecular formula is C10H8F2N4. The quantitative estimate of drug-likeness (QED) is 0.859. The van der Waals surface area contributed by atoms with Crippen molar-refractivity contribution in [3.05, 3.63) is 48.1 Å². The largest absolute Gasteiger partial charge is 0.350 e. The van der Waals surface area contributed by atoms with Crippen LogP contribution in [0.25, 0.3) is 0 Å². The summed E-state index contributed by atoms with van der Waals surface area (Å²) in [7, 11) is 0. The van der Waals surface area contributed by atoms with E-state index in [0.717, 1.165) is 5.56 Å². The van der Waals surface area contributed by atoms with Crippen LogP contribution in [0.1, 0.15) is 5.56 Å². The molecule has 16 heavy (non-hydrogen) atoms. The van der Waals surface area contributed by atoms with Crippen molar-refractivity contribution in [3.8, 4) is 0 Å². The highest BCUT2D eigenvalue weighted by atomic mass is 19.1. The molecule has 0 atom stereocenters. The SMILES string of the molecule is Fc1nc(F)nc(NCc2ccccc2)n1. The fraction of sp³-hybridized carbons (Fsp3) is 0.100. The van der Waals surface area contributed by atoms with E-state index in [1.807, 2.05) is 30.3 Å². The van der Waals surface area contributed by atoms with E-state index in [0.29, 0.717) is 6.54 Å². The van der Waals surface area contributed by atoms with E-state index in [9.17, 15) is 8.78 Å². The molecule has 2 aromatic rings. The average molecular weight is 222 g/mol. The molecule has 0 saturated heterocycles. The monoisotopic (exact) mass is 222 g/mol. The number of hydrogen-bond acceptors (Lipinski definition) is 4. The molecule has 0 aliphatic rings. The standard InChI is InChI=1S/C10H8F2N4/c11-8-14-9(12)16-10(15-8)13-6-7-4-2-1-3-5-7/h1-5H,6H2,(H,13,14,15,16). The zero-order chi connectivity index (χ0) is 11.4.